The highest BCUT2D eigenvalue weighted by molar-refractivity contribution is 7.15. The molecule has 0 bridgehead atoms. The molecular weight excluding hydrogens is 633 g/mol. The molecule has 2 aliphatic rings. The Bertz CT molecular complexity index is 1530. The Hall–Kier alpha value is -3.98. The van der Waals surface area contributed by atoms with Gasteiger partial charge in [-0.15, -0.1) is 20.4 Å². The summed E-state index contributed by atoms with van der Waals surface area (Å²) < 4.78 is 0. The summed E-state index contributed by atoms with van der Waals surface area (Å²) in [5.74, 6) is -0.00807. The van der Waals surface area contributed by atoms with Gasteiger partial charge < -0.3 is 31.1 Å². The van der Waals surface area contributed by atoms with Crippen LogP contribution < -0.4 is 31.1 Å². The molecule has 0 radical (unpaired) electrons. The van der Waals surface area contributed by atoms with Crippen LogP contribution in [0.4, 0.5) is 21.6 Å². The van der Waals surface area contributed by atoms with Crippen LogP contribution in [0.5, 0.6) is 0 Å². The summed E-state index contributed by atoms with van der Waals surface area (Å²) in [5.41, 5.74) is 4.24. The predicted octanol–water partition coefficient (Wildman–Crippen LogP) is 3.87. The van der Waals surface area contributed by atoms with Crippen molar-refractivity contribution >= 4 is 56.1 Å². The minimum atomic E-state index is -0.109. The maximum atomic E-state index is 12.8. The van der Waals surface area contributed by atoms with Gasteiger partial charge in [0.25, 0.3) is 0 Å². The van der Waals surface area contributed by atoms with Gasteiger partial charge in [-0.1, -0.05) is 60.8 Å². The molecule has 4 aromatic rings. The number of nitrogens with zero attached hydrogens (tertiary/aromatic N) is 6. The van der Waals surface area contributed by atoms with Crippen molar-refractivity contribution in [1.29, 1.82) is 0 Å². The number of carbonyl (C=O) groups is 2. The van der Waals surface area contributed by atoms with E-state index in [1.54, 1.807) is 0 Å². The van der Waals surface area contributed by atoms with Gasteiger partial charge in [0.05, 0.1) is 12.8 Å². The second kappa shape index (κ2) is 15.7. The van der Waals surface area contributed by atoms with Crippen LogP contribution in [0, 0.1) is 0 Å². The van der Waals surface area contributed by atoms with Gasteiger partial charge in [-0.2, -0.15) is 0 Å². The minimum Gasteiger partial charge on any atom is -0.369 e. The number of benzene rings is 2. The standard InChI is InChI=1S/C33H42N10O2S2/c1-22(30-38-40-32(46-30)36-28(44)20-24-5-3-7-26(18-24)42-13-9-34-10-14-42)17-23(2)31-39-41-33(47-31)37-29(45)21-25-6-4-8-27(19-25)43-15-11-35-12-16-43/h3-8,18-19,22-23,34-35H,9-17,20-21H2,1-2H3,(H,36,40,44)(H,37,41,45)/t22-,23-/m0/s1. The van der Waals surface area contributed by atoms with Gasteiger partial charge in [0.15, 0.2) is 0 Å². The Labute approximate surface area is 283 Å². The van der Waals surface area contributed by atoms with Crippen molar-refractivity contribution in [3.63, 3.8) is 0 Å². The summed E-state index contributed by atoms with van der Waals surface area (Å²) in [4.78, 5) is 30.3. The Morgan fingerprint density at radius 3 is 1.55 bits per heavy atom. The lowest BCUT2D eigenvalue weighted by atomic mass is 9.98. The molecule has 0 unspecified atom stereocenters. The third-order valence-electron chi connectivity index (χ3n) is 8.44. The second-order valence-electron chi connectivity index (χ2n) is 12.2. The number of nitrogens with one attached hydrogen (secondary N) is 4. The number of piperazine rings is 2. The molecule has 47 heavy (non-hydrogen) atoms. The summed E-state index contributed by atoms with van der Waals surface area (Å²) in [6, 6.07) is 16.4. The molecule has 248 valence electrons. The maximum absolute atomic E-state index is 12.8. The fraction of sp³-hybridized carbons (Fsp3) is 0.455. The summed E-state index contributed by atoms with van der Waals surface area (Å²) >= 11 is 2.80. The third-order valence-corrected chi connectivity index (χ3v) is 10.6. The second-order valence-corrected chi connectivity index (χ2v) is 14.2. The molecule has 4 N–H and O–H groups in total. The molecular formula is C33H42N10O2S2. The van der Waals surface area contributed by atoms with E-state index in [0.717, 1.165) is 91.3 Å². The first-order chi connectivity index (χ1) is 22.9. The van der Waals surface area contributed by atoms with Gasteiger partial charge in [0.2, 0.25) is 22.1 Å². The molecule has 12 nitrogen and oxygen atoms in total. The van der Waals surface area contributed by atoms with Crippen molar-refractivity contribution < 1.29 is 9.59 Å². The van der Waals surface area contributed by atoms with Crippen molar-refractivity contribution in [1.82, 2.24) is 31.0 Å². The molecule has 2 aromatic heterocycles. The molecule has 0 aliphatic carbocycles. The van der Waals surface area contributed by atoms with E-state index < -0.39 is 0 Å². The Balaban J connectivity index is 0.968. The lowest BCUT2D eigenvalue weighted by Gasteiger charge is -2.29. The molecule has 2 fully saturated rings. The van der Waals surface area contributed by atoms with Crippen molar-refractivity contribution in [2.75, 3.05) is 72.8 Å². The van der Waals surface area contributed by atoms with Gasteiger partial charge >= 0.3 is 0 Å². The third kappa shape index (κ3) is 9.10. The Kier molecular flexibility index (Phi) is 11.0. The zero-order valence-corrected chi connectivity index (χ0v) is 28.5. The van der Waals surface area contributed by atoms with Crippen LogP contribution in [0.15, 0.2) is 48.5 Å². The van der Waals surface area contributed by atoms with Crippen LogP contribution in [0.1, 0.15) is 53.2 Å². The van der Waals surface area contributed by atoms with Gasteiger partial charge in [0.1, 0.15) is 10.0 Å². The van der Waals surface area contributed by atoms with Crippen molar-refractivity contribution in [3.8, 4) is 0 Å². The van der Waals surface area contributed by atoms with Gasteiger partial charge in [-0.25, -0.2) is 0 Å². The lowest BCUT2D eigenvalue weighted by Crippen LogP contribution is -2.43. The molecule has 4 heterocycles. The van der Waals surface area contributed by atoms with E-state index in [1.807, 2.05) is 24.3 Å². The minimum absolute atomic E-state index is 0.105. The SMILES string of the molecule is C[C@@H](C[C@H](C)c1nnc(NC(=O)Cc2cccc(N3CCNCC3)c2)s1)c1nnc(NC(=O)Cc2cccc(N3CCNCC3)c2)s1. The number of carbonyl (C=O) groups excluding carboxylic acids is 2. The van der Waals surface area contributed by atoms with Crippen LogP contribution in [0.2, 0.25) is 0 Å². The average molecular weight is 675 g/mol. The predicted molar refractivity (Wildman–Crippen MR) is 189 cm³/mol. The number of aromatic nitrogens is 4. The Morgan fingerprint density at radius 1 is 0.702 bits per heavy atom. The highest BCUT2D eigenvalue weighted by Crippen LogP contribution is 2.34. The van der Waals surface area contributed by atoms with E-state index >= 15 is 0 Å². The summed E-state index contributed by atoms with van der Waals surface area (Å²) in [6.45, 7) is 11.9. The number of hydrogen-bond acceptors (Lipinski definition) is 12. The van der Waals surface area contributed by atoms with E-state index in [2.05, 4.69) is 89.6 Å². The molecule has 6 rings (SSSR count). The summed E-state index contributed by atoms with van der Waals surface area (Å²) in [7, 11) is 0. The van der Waals surface area contributed by atoms with E-state index in [9.17, 15) is 9.59 Å². The lowest BCUT2D eigenvalue weighted by molar-refractivity contribution is -0.116. The highest BCUT2D eigenvalue weighted by Gasteiger charge is 2.21. The number of hydrogen-bond donors (Lipinski definition) is 4. The summed E-state index contributed by atoms with van der Waals surface area (Å²) in [6.07, 6.45) is 1.34. The smallest absolute Gasteiger partial charge is 0.230 e. The quantitative estimate of drug-likeness (QED) is 0.175. The van der Waals surface area contributed by atoms with Crippen LogP contribution in [-0.4, -0.2) is 84.6 Å². The van der Waals surface area contributed by atoms with E-state index in [-0.39, 0.29) is 36.5 Å². The van der Waals surface area contributed by atoms with Crippen molar-refractivity contribution in [3.05, 3.63) is 69.7 Å². The molecule has 2 atom stereocenters. The number of amides is 2. The highest BCUT2D eigenvalue weighted by atomic mass is 32.1. The van der Waals surface area contributed by atoms with Crippen LogP contribution in [0.25, 0.3) is 0 Å². The zero-order chi connectivity index (χ0) is 32.6. The molecule has 2 aromatic carbocycles. The fourth-order valence-corrected chi connectivity index (χ4v) is 7.62. The first kappa shape index (κ1) is 32.9. The fourth-order valence-electron chi connectivity index (χ4n) is 5.97. The zero-order valence-electron chi connectivity index (χ0n) is 26.9. The Morgan fingerprint density at radius 2 is 1.13 bits per heavy atom. The first-order valence-corrected chi connectivity index (χ1v) is 17.9. The van der Waals surface area contributed by atoms with Crippen molar-refractivity contribution in [2.45, 2.75) is 44.9 Å². The maximum Gasteiger partial charge on any atom is 0.230 e. The van der Waals surface area contributed by atoms with Crippen LogP contribution in [0.3, 0.4) is 0 Å². The first-order valence-electron chi connectivity index (χ1n) is 16.3. The van der Waals surface area contributed by atoms with Gasteiger partial charge in [-0.05, 0) is 41.8 Å². The largest absolute Gasteiger partial charge is 0.369 e. The van der Waals surface area contributed by atoms with Gasteiger partial charge in [-0.3, -0.25) is 9.59 Å². The van der Waals surface area contributed by atoms with E-state index in [0.29, 0.717) is 10.3 Å². The van der Waals surface area contributed by atoms with Gasteiger partial charge in [0, 0.05) is 75.6 Å². The molecule has 2 aliphatic heterocycles. The van der Waals surface area contributed by atoms with Crippen molar-refractivity contribution in [2.24, 2.45) is 0 Å². The average Bonchev–Trinajstić information content (AvgIpc) is 3.76. The summed E-state index contributed by atoms with van der Waals surface area (Å²) in [5, 5.41) is 32.5. The number of anilines is 4. The molecule has 2 amide bonds. The molecule has 0 spiro atoms. The van der Waals surface area contributed by atoms with E-state index in [4.69, 9.17) is 0 Å². The molecule has 14 heteroatoms. The number of rotatable bonds is 12. The normalized spacial score (nSPS) is 16.5. The van der Waals surface area contributed by atoms with Crippen LogP contribution in [-0.2, 0) is 22.4 Å². The monoisotopic (exact) mass is 674 g/mol. The molecule has 2 saturated heterocycles. The molecule has 0 saturated carbocycles. The van der Waals surface area contributed by atoms with Crippen LogP contribution >= 0.6 is 22.7 Å². The topological polar surface area (TPSA) is 140 Å². The van der Waals surface area contributed by atoms with E-state index in [1.165, 1.54) is 22.7 Å².